The van der Waals surface area contributed by atoms with Gasteiger partial charge in [-0.05, 0) is 0 Å². The van der Waals surface area contributed by atoms with Crippen molar-refractivity contribution in [3.05, 3.63) is 0 Å². The Labute approximate surface area is 58.0 Å². The molecule has 3 rings (SSSR count). The quantitative estimate of drug-likeness (QED) is 0.417. The van der Waals surface area contributed by atoms with E-state index in [1.54, 1.807) is 0 Å². The maximum Gasteiger partial charge on any atom is 0.139 e. The van der Waals surface area contributed by atoms with E-state index >= 15 is 0 Å². The van der Waals surface area contributed by atoms with Gasteiger partial charge in [0.25, 0.3) is 0 Å². The first-order valence-corrected chi connectivity index (χ1v) is 3.56. The van der Waals surface area contributed by atoms with Crippen LogP contribution in [0.5, 0.6) is 0 Å². The minimum atomic E-state index is -0.450. The highest BCUT2D eigenvalue weighted by molar-refractivity contribution is 5.18. The molecule has 0 aromatic rings. The van der Waals surface area contributed by atoms with Crippen LogP contribution in [0.2, 0.25) is 0 Å². The number of rotatable bonds is 0. The van der Waals surface area contributed by atoms with Gasteiger partial charge >= 0.3 is 0 Å². The van der Waals surface area contributed by atoms with Crippen LogP contribution in [0.4, 0.5) is 0 Å². The van der Waals surface area contributed by atoms with Crippen molar-refractivity contribution in [2.75, 3.05) is 6.61 Å². The van der Waals surface area contributed by atoms with E-state index in [9.17, 15) is 10.2 Å². The van der Waals surface area contributed by atoms with Crippen LogP contribution in [-0.2, 0) is 4.74 Å². The average molecular weight is 143 g/mol. The van der Waals surface area contributed by atoms with Crippen LogP contribution in [0.1, 0.15) is 0 Å². The van der Waals surface area contributed by atoms with Crippen LogP contribution in [0.25, 0.3) is 0 Å². The minimum absolute atomic E-state index is 0.0162. The van der Waals surface area contributed by atoms with Crippen molar-refractivity contribution in [3.8, 4) is 0 Å². The predicted molar refractivity (Wildman–Crippen MR) is 31.2 cm³/mol. The van der Waals surface area contributed by atoms with Crippen LogP contribution in [0.15, 0.2) is 0 Å². The zero-order chi connectivity index (χ0) is 6.88. The lowest BCUT2D eigenvalue weighted by atomic mass is 9.78. The van der Waals surface area contributed by atoms with Gasteiger partial charge in [0.2, 0.25) is 0 Å². The second-order valence-corrected chi connectivity index (χ2v) is 3.21. The van der Waals surface area contributed by atoms with Crippen molar-refractivity contribution >= 4 is 0 Å². The molecule has 3 aliphatic rings. The molecule has 0 saturated carbocycles. The summed E-state index contributed by atoms with van der Waals surface area (Å²) in [7, 11) is 0. The van der Waals surface area contributed by atoms with Gasteiger partial charge in [-0.3, -0.25) is 4.90 Å². The van der Waals surface area contributed by atoms with E-state index in [1.165, 1.54) is 0 Å². The third-order valence-corrected chi connectivity index (χ3v) is 2.85. The molecule has 0 bridgehead atoms. The fraction of sp³-hybridized carbons (Fsp3) is 1.00. The lowest BCUT2D eigenvalue weighted by Gasteiger charge is -2.60. The van der Waals surface area contributed by atoms with Crippen LogP contribution < -0.4 is 0 Å². The summed E-state index contributed by atoms with van der Waals surface area (Å²) in [5.41, 5.74) is 0. The standard InChI is InChI=1S/C6H9NO3/c8-4-2-1-10-6-5(9)3(4)7(2)6/h2-6,8-9H,1H2. The predicted octanol–water partition coefficient (Wildman–Crippen LogP) is -1.87. The largest absolute Gasteiger partial charge is 0.390 e. The highest BCUT2D eigenvalue weighted by Gasteiger charge is 2.68. The number of aliphatic hydroxyl groups is 2. The van der Waals surface area contributed by atoms with Gasteiger partial charge in [-0.25, -0.2) is 0 Å². The fourth-order valence-electron chi connectivity index (χ4n) is 2.25. The normalized spacial score (nSPS) is 64.8. The Balaban J connectivity index is 1.92. The average Bonchev–Trinajstić information content (AvgIpc) is 2.15. The van der Waals surface area contributed by atoms with Gasteiger partial charge in [0.15, 0.2) is 0 Å². The Morgan fingerprint density at radius 2 is 2.10 bits per heavy atom. The van der Waals surface area contributed by atoms with Crippen molar-refractivity contribution in [1.29, 1.82) is 0 Å². The fourth-order valence-corrected chi connectivity index (χ4v) is 2.25. The number of hydrogen-bond acceptors (Lipinski definition) is 4. The molecule has 0 amide bonds. The van der Waals surface area contributed by atoms with Gasteiger partial charge in [0.1, 0.15) is 12.3 Å². The Bertz CT molecular complexity index is 168. The molecule has 10 heavy (non-hydrogen) atoms. The molecule has 0 spiro atoms. The summed E-state index contributed by atoms with van der Waals surface area (Å²) in [5.74, 6) is 0. The molecule has 4 heteroatoms. The van der Waals surface area contributed by atoms with Crippen molar-refractivity contribution in [2.24, 2.45) is 0 Å². The number of aliphatic hydroxyl groups excluding tert-OH is 2. The van der Waals surface area contributed by atoms with E-state index in [0.29, 0.717) is 6.61 Å². The van der Waals surface area contributed by atoms with Crippen LogP contribution in [0, 0.1) is 0 Å². The number of piperidine rings is 1. The molecular formula is C6H9NO3. The molecule has 0 aliphatic carbocycles. The van der Waals surface area contributed by atoms with Crippen molar-refractivity contribution in [1.82, 2.24) is 4.90 Å². The zero-order valence-electron chi connectivity index (χ0n) is 5.34. The molecule has 4 nitrogen and oxygen atoms in total. The first kappa shape index (κ1) is 5.49. The van der Waals surface area contributed by atoms with E-state index in [4.69, 9.17) is 4.74 Å². The molecule has 3 fully saturated rings. The second kappa shape index (κ2) is 1.38. The van der Waals surface area contributed by atoms with Gasteiger partial charge in [-0.2, -0.15) is 0 Å². The molecule has 3 heterocycles. The van der Waals surface area contributed by atoms with Crippen molar-refractivity contribution in [2.45, 2.75) is 30.5 Å². The molecule has 2 N–H and O–H groups in total. The molecule has 56 valence electrons. The minimum Gasteiger partial charge on any atom is -0.390 e. The Morgan fingerprint density at radius 1 is 1.30 bits per heavy atom. The summed E-state index contributed by atoms with van der Waals surface area (Å²) < 4.78 is 5.20. The third-order valence-electron chi connectivity index (χ3n) is 2.85. The third kappa shape index (κ3) is 0.340. The lowest BCUT2D eigenvalue weighted by molar-refractivity contribution is -0.272. The van der Waals surface area contributed by atoms with Gasteiger partial charge in [-0.1, -0.05) is 0 Å². The second-order valence-electron chi connectivity index (χ2n) is 3.21. The topological polar surface area (TPSA) is 52.9 Å². The van der Waals surface area contributed by atoms with E-state index < -0.39 is 6.10 Å². The summed E-state index contributed by atoms with van der Waals surface area (Å²) in [6.07, 6.45) is -0.902. The Hall–Kier alpha value is -0.160. The summed E-state index contributed by atoms with van der Waals surface area (Å²) in [6.45, 7) is 0.583. The van der Waals surface area contributed by atoms with E-state index in [1.807, 2.05) is 4.90 Å². The summed E-state index contributed by atoms with van der Waals surface area (Å²) >= 11 is 0. The Kier molecular flexibility index (Phi) is 0.757. The van der Waals surface area contributed by atoms with Gasteiger partial charge in [0, 0.05) is 0 Å². The molecule has 0 radical (unpaired) electrons. The van der Waals surface area contributed by atoms with Gasteiger partial charge < -0.3 is 14.9 Å². The number of hydrogen-bond donors (Lipinski definition) is 2. The highest BCUT2D eigenvalue weighted by Crippen LogP contribution is 2.46. The first-order valence-electron chi connectivity index (χ1n) is 3.56. The molecule has 3 aliphatic heterocycles. The summed E-state index contributed by atoms with van der Waals surface area (Å²) in [6, 6.07) is 0.163. The molecule has 0 aromatic carbocycles. The summed E-state index contributed by atoms with van der Waals surface area (Å²) in [4.78, 5) is 2.04. The number of nitrogens with zero attached hydrogens (tertiary/aromatic N) is 1. The molecule has 5 atom stereocenters. The van der Waals surface area contributed by atoms with Crippen LogP contribution >= 0.6 is 0 Å². The van der Waals surface area contributed by atoms with Crippen LogP contribution in [-0.4, -0.2) is 52.2 Å². The smallest absolute Gasteiger partial charge is 0.139 e. The maximum atomic E-state index is 9.31. The first-order chi connectivity index (χ1) is 4.80. The number of ether oxygens (including phenoxy) is 1. The molecule has 3 saturated heterocycles. The van der Waals surface area contributed by atoms with Gasteiger partial charge in [-0.15, -0.1) is 0 Å². The molecule has 5 unspecified atom stereocenters. The molecule has 0 aromatic heterocycles. The zero-order valence-corrected chi connectivity index (χ0v) is 5.34. The molecular weight excluding hydrogens is 134 g/mol. The van der Waals surface area contributed by atoms with E-state index in [2.05, 4.69) is 0 Å². The monoisotopic (exact) mass is 143 g/mol. The SMILES string of the molecule is OC1C2COC3C(O)C1N23. The van der Waals surface area contributed by atoms with Gasteiger partial charge in [0.05, 0.1) is 24.8 Å². The maximum absolute atomic E-state index is 9.31. The summed E-state index contributed by atoms with van der Waals surface area (Å²) in [5, 5.41) is 18.6. The Morgan fingerprint density at radius 3 is 2.90 bits per heavy atom. The van der Waals surface area contributed by atoms with Crippen LogP contribution in [0.3, 0.4) is 0 Å². The van der Waals surface area contributed by atoms with E-state index in [0.717, 1.165) is 0 Å². The van der Waals surface area contributed by atoms with Crippen molar-refractivity contribution < 1.29 is 14.9 Å². The van der Waals surface area contributed by atoms with E-state index in [-0.39, 0.29) is 24.4 Å². The van der Waals surface area contributed by atoms with Crippen molar-refractivity contribution in [3.63, 3.8) is 0 Å². The lowest BCUT2D eigenvalue weighted by Crippen LogP contribution is -2.82. The highest BCUT2D eigenvalue weighted by atomic mass is 16.5.